The highest BCUT2D eigenvalue weighted by Crippen LogP contribution is 2.33. The first kappa shape index (κ1) is 24.4. The fourth-order valence-electron chi connectivity index (χ4n) is 2.30. The first-order valence-corrected chi connectivity index (χ1v) is 11.3. The van der Waals surface area contributed by atoms with Gasteiger partial charge in [-0.15, -0.1) is 0 Å². The Morgan fingerprint density at radius 3 is 2.58 bits per heavy atom. The van der Waals surface area contributed by atoms with Crippen molar-refractivity contribution in [3.63, 3.8) is 0 Å². The monoisotopic (exact) mass is 487 g/mol. The molecule has 166 valence electrons. The zero-order chi connectivity index (χ0) is 23.0. The molecular formula is C19H19Cl2N3O6S. The van der Waals surface area contributed by atoms with Crippen molar-refractivity contribution in [1.82, 2.24) is 5.43 Å². The van der Waals surface area contributed by atoms with Crippen LogP contribution in [0.4, 0.5) is 5.69 Å². The van der Waals surface area contributed by atoms with Crippen molar-refractivity contribution in [2.24, 2.45) is 5.10 Å². The molecule has 1 N–H and O–H groups in total. The average molecular weight is 488 g/mol. The van der Waals surface area contributed by atoms with Gasteiger partial charge in [0.25, 0.3) is 5.91 Å². The summed E-state index contributed by atoms with van der Waals surface area (Å²) in [4.78, 5) is 23.4. The van der Waals surface area contributed by atoms with Crippen molar-refractivity contribution >= 4 is 57.0 Å². The number of hydrogen-bond acceptors (Lipinski definition) is 7. The number of carbonyl (C=O) groups excluding carboxylic acids is 2. The Morgan fingerprint density at radius 1 is 1.19 bits per heavy atom. The van der Waals surface area contributed by atoms with Crippen LogP contribution in [-0.2, 0) is 24.3 Å². The predicted molar refractivity (Wildman–Crippen MR) is 118 cm³/mol. The van der Waals surface area contributed by atoms with Crippen molar-refractivity contribution in [3.05, 3.63) is 58.1 Å². The zero-order valence-corrected chi connectivity index (χ0v) is 18.9. The van der Waals surface area contributed by atoms with Crippen LogP contribution in [0.25, 0.3) is 0 Å². The summed E-state index contributed by atoms with van der Waals surface area (Å²) in [6, 6.07) is 11.0. The van der Waals surface area contributed by atoms with Gasteiger partial charge in [0.2, 0.25) is 10.0 Å². The molecule has 2 aromatic carbocycles. The van der Waals surface area contributed by atoms with Gasteiger partial charge in [-0.3, -0.25) is 9.10 Å². The first-order valence-electron chi connectivity index (χ1n) is 8.65. The van der Waals surface area contributed by atoms with Crippen molar-refractivity contribution in [2.45, 2.75) is 0 Å². The van der Waals surface area contributed by atoms with Crippen LogP contribution in [-0.4, -0.2) is 53.0 Å². The van der Waals surface area contributed by atoms with Gasteiger partial charge in [-0.1, -0.05) is 41.4 Å². The first-order chi connectivity index (χ1) is 14.6. The van der Waals surface area contributed by atoms with Crippen molar-refractivity contribution in [2.75, 3.05) is 30.8 Å². The lowest BCUT2D eigenvalue weighted by atomic mass is 10.2. The Labute approximate surface area is 189 Å². The van der Waals surface area contributed by atoms with E-state index >= 15 is 0 Å². The van der Waals surface area contributed by atoms with Gasteiger partial charge >= 0.3 is 5.97 Å². The fraction of sp³-hybridized carbons (Fsp3) is 0.211. The quantitative estimate of drug-likeness (QED) is 0.330. The third-order valence-corrected chi connectivity index (χ3v) is 5.67. The lowest BCUT2D eigenvalue weighted by Crippen LogP contribution is -2.39. The number of hydrazone groups is 1. The van der Waals surface area contributed by atoms with Gasteiger partial charge < -0.3 is 9.47 Å². The second-order valence-electron chi connectivity index (χ2n) is 6.07. The molecule has 31 heavy (non-hydrogen) atoms. The van der Waals surface area contributed by atoms with Crippen LogP contribution < -0.4 is 14.5 Å². The molecule has 1 amide bonds. The number of benzene rings is 2. The Morgan fingerprint density at radius 2 is 1.90 bits per heavy atom. The van der Waals surface area contributed by atoms with Gasteiger partial charge in [-0.2, -0.15) is 5.10 Å². The topological polar surface area (TPSA) is 114 Å². The Balaban J connectivity index is 2.05. The summed E-state index contributed by atoms with van der Waals surface area (Å²) < 4.78 is 34.9. The summed E-state index contributed by atoms with van der Waals surface area (Å²) in [5.41, 5.74) is 2.89. The van der Waals surface area contributed by atoms with E-state index in [1.807, 2.05) is 0 Å². The largest absolute Gasteiger partial charge is 0.482 e. The minimum Gasteiger partial charge on any atom is -0.482 e. The molecule has 0 unspecified atom stereocenters. The van der Waals surface area contributed by atoms with E-state index in [9.17, 15) is 18.0 Å². The number of nitrogens with one attached hydrogen (secondary N) is 1. The van der Waals surface area contributed by atoms with Crippen molar-refractivity contribution in [3.8, 4) is 5.75 Å². The van der Waals surface area contributed by atoms with Gasteiger partial charge in [0.05, 0.1) is 35.3 Å². The van der Waals surface area contributed by atoms with Crippen LogP contribution in [0.3, 0.4) is 0 Å². The number of esters is 1. The van der Waals surface area contributed by atoms with Gasteiger partial charge in [0.1, 0.15) is 12.3 Å². The van der Waals surface area contributed by atoms with E-state index in [4.69, 9.17) is 27.9 Å². The number of hydrogen-bond donors (Lipinski definition) is 1. The standard InChI is InChI=1S/C19H19Cl2N3O6S/c1-29-18(26)12-30-14-6-3-5-13(9-14)10-22-23-17(25)11-24(31(2,27)28)16-8-4-7-15(20)19(16)21/h3-10H,11-12H2,1-2H3,(H,23,25)/b22-10-. The lowest BCUT2D eigenvalue weighted by molar-refractivity contribution is -0.142. The van der Waals surface area contributed by atoms with E-state index in [0.717, 1.165) is 10.6 Å². The fourth-order valence-corrected chi connectivity index (χ4v) is 3.61. The summed E-state index contributed by atoms with van der Waals surface area (Å²) >= 11 is 12.0. The number of methoxy groups -OCH3 is 1. The normalized spacial score (nSPS) is 11.2. The molecule has 12 heteroatoms. The molecule has 9 nitrogen and oxygen atoms in total. The van der Waals surface area contributed by atoms with E-state index in [0.29, 0.717) is 11.3 Å². The molecule has 0 aromatic heterocycles. The highest BCUT2D eigenvalue weighted by Gasteiger charge is 2.23. The maximum atomic E-state index is 12.3. The molecule has 2 rings (SSSR count). The maximum Gasteiger partial charge on any atom is 0.343 e. The van der Waals surface area contributed by atoms with Crippen molar-refractivity contribution in [1.29, 1.82) is 0 Å². The Kier molecular flexibility index (Phi) is 8.66. The second kappa shape index (κ2) is 11.0. The number of sulfonamides is 1. The molecule has 0 saturated carbocycles. The summed E-state index contributed by atoms with van der Waals surface area (Å²) in [5, 5.41) is 3.97. The van der Waals surface area contributed by atoms with Gasteiger partial charge in [-0.05, 0) is 29.8 Å². The molecule has 2 aromatic rings. The Hall–Kier alpha value is -2.82. The molecule has 0 aliphatic carbocycles. The number of anilines is 1. The molecule has 0 aliphatic rings. The molecule has 0 saturated heterocycles. The predicted octanol–water partition coefficient (Wildman–Crippen LogP) is 2.46. The summed E-state index contributed by atoms with van der Waals surface area (Å²) in [5.74, 6) is -0.822. The van der Waals surface area contributed by atoms with Gasteiger partial charge in [-0.25, -0.2) is 18.6 Å². The SMILES string of the molecule is COC(=O)COc1cccc(/C=N\NC(=O)CN(c2cccc(Cl)c2Cl)S(C)(=O)=O)c1. The minimum absolute atomic E-state index is 0.00895. The molecular weight excluding hydrogens is 469 g/mol. The zero-order valence-electron chi connectivity index (χ0n) is 16.5. The average Bonchev–Trinajstić information content (AvgIpc) is 2.72. The van der Waals surface area contributed by atoms with Crippen LogP contribution in [0, 0.1) is 0 Å². The number of ether oxygens (including phenoxy) is 2. The van der Waals surface area contributed by atoms with E-state index < -0.39 is 28.4 Å². The number of nitrogens with zero attached hydrogens (tertiary/aromatic N) is 2. The number of amides is 1. The number of rotatable bonds is 9. The summed E-state index contributed by atoms with van der Waals surface area (Å²) in [6.07, 6.45) is 2.28. The molecule has 0 heterocycles. The second-order valence-corrected chi connectivity index (χ2v) is 8.77. The molecule has 0 fully saturated rings. The Bertz CT molecular complexity index is 1090. The summed E-state index contributed by atoms with van der Waals surface area (Å²) in [7, 11) is -2.57. The molecule has 0 spiro atoms. The van der Waals surface area contributed by atoms with Crippen LogP contribution in [0.1, 0.15) is 5.56 Å². The summed E-state index contributed by atoms with van der Waals surface area (Å²) in [6.45, 7) is -0.806. The van der Waals surface area contributed by atoms with E-state index in [2.05, 4.69) is 15.3 Å². The maximum absolute atomic E-state index is 12.3. The van der Waals surface area contributed by atoms with E-state index in [1.165, 1.54) is 31.5 Å². The number of halogens is 2. The van der Waals surface area contributed by atoms with E-state index in [-0.39, 0.29) is 22.3 Å². The van der Waals surface area contributed by atoms with Crippen molar-refractivity contribution < 1.29 is 27.5 Å². The lowest BCUT2D eigenvalue weighted by Gasteiger charge is -2.22. The van der Waals surface area contributed by atoms with Gasteiger partial charge in [0, 0.05) is 0 Å². The van der Waals surface area contributed by atoms with Crippen LogP contribution in [0.5, 0.6) is 5.75 Å². The van der Waals surface area contributed by atoms with Crippen LogP contribution in [0.2, 0.25) is 10.0 Å². The minimum atomic E-state index is -3.83. The molecule has 0 atom stereocenters. The van der Waals surface area contributed by atoms with Crippen LogP contribution in [0.15, 0.2) is 47.6 Å². The third kappa shape index (κ3) is 7.42. The smallest absolute Gasteiger partial charge is 0.343 e. The van der Waals surface area contributed by atoms with E-state index in [1.54, 1.807) is 24.3 Å². The third-order valence-electron chi connectivity index (χ3n) is 3.73. The molecule has 0 aliphatic heterocycles. The van der Waals surface area contributed by atoms with Gasteiger partial charge in [0.15, 0.2) is 6.61 Å². The molecule has 0 radical (unpaired) electrons. The highest BCUT2D eigenvalue weighted by molar-refractivity contribution is 7.92. The van der Waals surface area contributed by atoms with Crippen LogP contribution >= 0.6 is 23.2 Å². The molecule has 0 bridgehead atoms. The number of carbonyl (C=O) groups is 2. The highest BCUT2D eigenvalue weighted by atomic mass is 35.5.